The molecule has 2 rings (SSSR count). The van der Waals surface area contributed by atoms with Crippen LogP contribution in [0.4, 0.5) is 4.39 Å². The average Bonchev–Trinajstić information content (AvgIpc) is 2.47. The van der Waals surface area contributed by atoms with Crippen molar-refractivity contribution >= 4 is 5.91 Å². The number of aryl methyl sites for hydroxylation is 2. The van der Waals surface area contributed by atoms with E-state index in [0.29, 0.717) is 24.9 Å². The Kier molecular flexibility index (Phi) is 5.09. The fraction of sp³-hybridized carbons (Fsp3) is 0.278. The molecule has 0 saturated carbocycles. The molecule has 2 nitrogen and oxygen atoms in total. The van der Waals surface area contributed by atoms with E-state index < -0.39 is 0 Å². The van der Waals surface area contributed by atoms with E-state index in [-0.39, 0.29) is 11.7 Å². The number of carbonyl (C=O) groups excluding carboxylic acids is 1. The van der Waals surface area contributed by atoms with Crippen LogP contribution in [-0.2, 0) is 17.8 Å². The van der Waals surface area contributed by atoms with Gasteiger partial charge in [0.15, 0.2) is 0 Å². The van der Waals surface area contributed by atoms with Gasteiger partial charge in [0.05, 0.1) is 0 Å². The van der Waals surface area contributed by atoms with Crippen LogP contribution in [0.3, 0.4) is 0 Å². The van der Waals surface area contributed by atoms with Gasteiger partial charge >= 0.3 is 0 Å². The first kappa shape index (κ1) is 15.2. The lowest BCUT2D eigenvalue weighted by Gasteiger charge is -2.17. The molecule has 0 fully saturated rings. The third-order valence-corrected chi connectivity index (χ3v) is 3.50. The van der Waals surface area contributed by atoms with Crippen molar-refractivity contribution in [2.45, 2.75) is 26.3 Å². The molecule has 0 unspecified atom stereocenters. The van der Waals surface area contributed by atoms with Crippen LogP contribution in [0.15, 0.2) is 48.5 Å². The summed E-state index contributed by atoms with van der Waals surface area (Å²) < 4.78 is 13.6. The molecule has 110 valence electrons. The minimum Gasteiger partial charge on any atom is -0.341 e. The summed E-state index contributed by atoms with van der Waals surface area (Å²) in [4.78, 5) is 13.7. The Hall–Kier alpha value is -2.16. The smallest absolute Gasteiger partial charge is 0.222 e. The summed E-state index contributed by atoms with van der Waals surface area (Å²) in [7, 11) is 1.71. The molecule has 0 radical (unpaired) electrons. The fourth-order valence-electron chi connectivity index (χ4n) is 2.28. The zero-order valence-corrected chi connectivity index (χ0v) is 12.5. The highest BCUT2D eigenvalue weighted by molar-refractivity contribution is 5.76. The summed E-state index contributed by atoms with van der Waals surface area (Å²) >= 11 is 0. The number of halogens is 1. The highest BCUT2D eigenvalue weighted by Crippen LogP contribution is 2.11. The molecule has 0 N–H and O–H groups in total. The maximum atomic E-state index is 13.6. The van der Waals surface area contributed by atoms with Gasteiger partial charge < -0.3 is 4.90 Å². The van der Waals surface area contributed by atoms with Crippen LogP contribution in [0.1, 0.15) is 23.1 Å². The lowest BCUT2D eigenvalue weighted by molar-refractivity contribution is -0.130. The van der Waals surface area contributed by atoms with Crippen LogP contribution < -0.4 is 0 Å². The van der Waals surface area contributed by atoms with Crippen molar-refractivity contribution in [2.75, 3.05) is 7.05 Å². The summed E-state index contributed by atoms with van der Waals surface area (Å²) in [5, 5.41) is 0. The zero-order valence-electron chi connectivity index (χ0n) is 12.5. The monoisotopic (exact) mass is 285 g/mol. The van der Waals surface area contributed by atoms with Crippen LogP contribution in [0, 0.1) is 12.7 Å². The highest BCUT2D eigenvalue weighted by Gasteiger charge is 2.11. The Morgan fingerprint density at radius 3 is 2.62 bits per heavy atom. The van der Waals surface area contributed by atoms with Crippen molar-refractivity contribution in [1.29, 1.82) is 0 Å². The average molecular weight is 285 g/mol. The molecule has 0 spiro atoms. The molecule has 0 atom stereocenters. The minimum atomic E-state index is -0.268. The second-order valence-electron chi connectivity index (χ2n) is 5.33. The largest absolute Gasteiger partial charge is 0.341 e. The highest BCUT2D eigenvalue weighted by atomic mass is 19.1. The lowest BCUT2D eigenvalue weighted by atomic mass is 10.1. The van der Waals surface area contributed by atoms with E-state index in [1.807, 2.05) is 25.1 Å². The molecule has 0 aliphatic rings. The Labute approximate surface area is 125 Å². The van der Waals surface area contributed by atoms with Gasteiger partial charge in [0.2, 0.25) is 5.91 Å². The summed E-state index contributed by atoms with van der Waals surface area (Å²) in [5.41, 5.74) is 2.89. The van der Waals surface area contributed by atoms with E-state index in [9.17, 15) is 9.18 Å². The molecule has 3 heteroatoms. The second kappa shape index (κ2) is 7.02. The van der Waals surface area contributed by atoms with E-state index in [2.05, 4.69) is 6.07 Å². The van der Waals surface area contributed by atoms with Crippen molar-refractivity contribution in [1.82, 2.24) is 4.90 Å². The molecule has 0 aromatic heterocycles. The van der Waals surface area contributed by atoms with Crippen LogP contribution in [0.5, 0.6) is 0 Å². The van der Waals surface area contributed by atoms with Crippen molar-refractivity contribution in [2.24, 2.45) is 0 Å². The van der Waals surface area contributed by atoms with Gasteiger partial charge in [-0.05, 0) is 25.0 Å². The topological polar surface area (TPSA) is 20.3 Å². The van der Waals surface area contributed by atoms with Gasteiger partial charge in [-0.2, -0.15) is 0 Å². The van der Waals surface area contributed by atoms with E-state index in [4.69, 9.17) is 0 Å². The summed E-state index contributed by atoms with van der Waals surface area (Å²) in [6.07, 6.45) is 1.15. The van der Waals surface area contributed by atoms with Crippen LogP contribution in [0.25, 0.3) is 0 Å². The van der Waals surface area contributed by atoms with Crippen LogP contribution in [-0.4, -0.2) is 17.9 Å². The first-order chi connectivity index (χ1) is 10.1. The van der Waals surface area contributed by atoms with Crippen molar-refractivity contribution in [3.63, 3.8) is 0 Å². The lowest BCUT2D eigenvalue weighted by Crippen LogP contribution is -2.26. The van der Waals surface area contributed by atoms with E-state index in [0.717, 1.165) is 5.56 Å². The molecule has 1 amide bonds. The first-order valence-electron chi connectivity index (χ1n) is 7.09. The molecular weight excluding hydrogens is 265 g/mol. The van der Waals surface area contributed by atoms with Crippen molar-refractivity contribution in [3.8, 4) is 0 Å². The standard InChI is InChI=1S/C18H20FNO/c1-14-6-5-7-15(12-14)10-11-18(21)20(2)13-16-8-3-4-9-17(16)19/h3-9,12H,10-11,13H2,1-2H3. The van der Waals surface area contributed by atoms with Gasteiger partial charge in [-0.3, -0.25) is 4.79 Å². The minimum absolute atomic E-state index is 0.0276. The predicted molar refractivity (Wildman–Crippen MR) is 82.4 cm³/mol. The Balaban J connectivity index is 1.90. The van der Waals surface area contributed by atoms with E-state index >= 15 is 0 Å². The molecule has 21 heavy (non-hydrogen) atoms. The Morgan fingerprint density at radius 2 is 1.90 bits per heavy atom. The van der Waals surface area contributed by atoms with Gasteiger partial charge in [-0.15, -0.1) is 0 Å². The number of hydrogen-bond donors (Lipinski definition) is 0. The number of hydrogen-bond acceptors (Lipinski definition) is 1. The van der Waals surface area contributed by atoms with E-state index in [1.54, 1.807) is 30.1 Å². The molecule has 2 aromatic rings. The number of benzene rings is 2. The Bertz CT molecular complexity index is 624. The third kappa shape index (κ3) is 4.42. The molecule has 2 aromatic carbocycles. The fourth-order valence-corrected chi connectivity index (χ4v) is 2.28. The van der Waals surface area contributed by atoms with Crippen molar-refractivity contribution in [3.05, 3.63) is 71.0 Å². The number of rotatable bonds is 5. The van der Waals surface area contributed by atoms with Crippen molar-refractivity contribution < 1.29 is 9.18 Å². The summed E-state index contributed by atoms with van der Waals surface area (Å²) in [6, 6.07) is 14.7. The molecule has 0 heterocycles. The quantitative estimate of drug-likeness (QED) is 0.820. The molecule has 0 aliphatic heterocycles. The third-order valence-electron chi connectivity index (χ3n) is 3.50. The van der Waals surface area contributed by atoms with Gasteiger partial charge in [-0.25, -0.2) is 4.39 Å². The first-order valence-corrected chi connectivity index (χ1v) is 7.09. The van der Waals surface area contributed by atoms with E-state index in [1.165, 1.54) is 11.6 Å². The molecular formula is C18H20FNO. The Morgan fingerprint density at radius 1 is 1.14 bits per heavy atom. The molecule has 0 saturated heterocycles. The van der Waals surface area contributed by atoms with Gasteiger partial charge in [0.1, 0.15) is 5.82 Å². The number of carbonyl (C=O) groups is 1. The normalized spacial score (nSPS) is 10.4. The molecule has 0 aliphatic carbocycles. The molecule has 0 bridgehead atoms. The predicted octanol–water partition coefficient (Wildman–Crippen LogP) is 3.73. The number of amides is 1. The maximum Gasteiger partial charge on any atom is 0.222 e. The summed E-state index contributed by atoms with van der Waals surface area (Å²) in [6.45, 7) is 2.34. The zero-order chi connectivity index (χ0) is 15.2. The number of nitrogens with zero attached hydrogens (tertiary/aromatic N) is 1. The van der Waals surface area contributed by atoms with Gasteiger partial charge in [-0.1, -0.05) is 48.0 Å². The van der Waals surface area contributed by atoms with Gasteiger partial charge in [0, 0.05) is 25.6 Å². The van der Waals surface area contributed by atoms with Crippen LogP contribution in [0.2, 0.25) is 0 Å². The summed E-state index contributed by atoms with van der Waals surface area (Å²) in [5.74, 6) is -0.240. The second-order valence-corrected chi connectivity index (χ2v) is 5.33. The van der Waals surface area contributed by atoms with Crippen LogP contribution >= 0.6 is 0 Å². The van der Waals surface area contributed by atoms with Gasteiger partial charge in [0.25, 0.3) is 0 Å². The maximum absolute atomic E-state index is 13.6. The SMILES string of the molecule is Cc1cccc(CCC(=O)N(C)Cc2ccccc2F)c1.